The number of carboxylic acids is 1. The first-order valence-electron chi connectivity index (χ1n) is 7.04. The topological polar surface area (TPSA) is 78.9 Å². The van der Waals surface area contributed by atoms with Crippen molar-refractivity contribution in [1.82, 2.24) is 10.2 Å². The Kier molecular flexibility index (Phi) is 5.02. The minimum atomic E-state index is -1.06. The Hall–Kier alpha value is -1.30. The van der Waals surface area contributed by atoms with Gasteiger partial charge in [-0.2, -0.15) is 0 Å². The minimum absolute atomic E-state index is 0.0603. The van der Waals surface area contributed by atoms with Gasteiger partial charge in [0.05, 0.1) is 23.7 Å². The molecule has 0 aromatic carbocycles. The van der Waals surface area contributed by atoms with Crippen LogP contribution in [0.15, 0.2) is 0 Å². The Labute approximate surface area is 120 Å². The highest BCUT2D eigenvalue weighted by atomic mass is 16.5. The van der Waals surface area contributed by atoms with Gasteiger partial charge in [0.1, 0.15) is 0 Å². The molecule has 0 spiro atoms. The fraction of sp³-hybridized carbons (Fsp3) is 0.857. The van der Waals surface area contributed by atoms with Crippen molar-refractivity contribution < 1.29 is 19.4 Å². The molecule has 0 saturated carbocycles. The van der Waals surface area contributed by atoms with Crippen LogP contribution >= 0.6 is 0 Å². The van der Waals surface area contributed by atoms with Crippen LogP contribution in [0.4, 0.5) is 4.79 Å². The van der Waals surface area contributed by atoms with Crippen molar-refractivity contribution in [2.45, 2.75) is 52.7 Å². The second-order valence-electron chi connectivity index (χ2n) is 6.33. The largest absolute Gasteiger partial charge is 0.481 e. The molecule has 0 aliphatic carbocycles. The molecule has 1 aliphatic rings. The molecule has 6 heteroatoms. The first-order valence-corrected chi connectivity index (χ1v) is 7.04. The lowest BCUT2D eigenvalue weighted by atomic mass is 9.74. The lowest BCUT2D eigenvalue weighted by Gasteiger charge is -2.41. The highest BCUT2D eigenvalue weighted by Gasteiger charge is 2.45. The number of amides is 2. The van der Waals surface area contributed by atoms with Crippen molar-refractivity contribution in [3.05, 3.63) is 0 Å². The smallest absolute Gasteiger partial charge is 0.318 e. The van der Waals surface area contributed by atoms with Crippen LogP contribution in [0, 0.1) is 5.41 Å². The van der Waals surface area contributed by atoms with E-state index < -0.39 is 16.9 Å². The fourth-order valence-electron chi connectivity index (χ4n) is 1.92. The summed E-state index contributed by atoms with van der Waals surface area (Å²) in [5.41, 5.74) is -1.91. The predicted molar refractivity (Wildman–Crippen MR) is 75.6 cm³/mol. The Morgan fingerprint density at radius 3 is 2.45 bits per heavy atom. The lowest BCUT2D eigenvalue weighted by Crippen LogP contribution is -2.61. The maximum atomic E-state index is 12.3. The van der Waals surface area contributed by atoms with Gasteiger partial charge in [-0.25, -0.2) is 4.79 Å². The number of carboxylic acid groups (broad SMARTS) is 1. The SMILES string of the molecule is CCC1CN(C(=O)NC(C)(C)C(C)(C)C(=O)O)CCO1. The second kappa shape index (κ2) is 5.99. The third-order valence-corrected chi connectivity index (χ3v) is 4.40. The number of hydrogen-bond donors (Lipinski definition) is 2. The third kappa shape index (κ3) is 3.42. The molecule has 0 aromatic heterocycles. The molecular weight excluding hydrogens is 260 g/mol. The Balaban J connectivity index is 2.72. The summed E-state index contributed by atoms with van der Waals surface area (Å²) in [7, 11) is 0. The fourth-order valence-corrected chi connectivity index (χ4v) is 1.92. The van der Waals surface area contributed by atoms with Gasteiger partial charge in [-0.05, 0) is 34.1 Å². The molecule has 1 rings (SSSR count). The highest BCUT2D eigenvalue weighted by Crippen LogP contribution is 2.31. The van der Waals surface area contributed by atoms with Gasteiger partial charge >= 0.3 is 12.0 Å². The van der Waals surface area contributed by atoms with Crippen LogP contribution in [0.25, 0.3) is 0 Å². The zero-order chi connectivity index (χ0) is 15.6. The maximum Gasteiger partial charge on any atom is 0.318 e. The molecule has 1 saturated heterocycles. The minimum Gasteiger partial charge on any atom is -0.481 e. The van der Waals surface area contributed by atoms with Crippen molar-refractivity contribution in [2.75, 3.05) is 19.7 Å². The Bertz CT molecular complexity index is 379. The van der Waals surface area contributed by atoms with Gasteiger partial charge in [0.15, 0.2) is 0 Å². The first kappa shape index (κ1) is 16.8. The van der Waals surface area contributed by atoms with Crippen molar-refractivity contribution in [3.63, 3.8) is 0 Å². The molecule has 1 fully saturated rings. The van der Waals surface area contributed by atoms with E-state index in [4.69, 9.17) is 4.74 Å². The number of carbonyl (C=O) groups excluding carboxylic acids is 1. The van der Waals surface area contributed by atoms with Gasteiger partial charge < -0.3 is 20.1 Å². The molecule has 1 atom stereocenters. The van der Waals surface area contributed by atoms with E-state index in [1.807, 2.05) is 6.92 Å². The van der Waals surface area contributed by atoms with E-state index in [2.05, 4.69) is 5.32 Å². The number of nitrogens with zero attached hydrogens (tertiary/aromatic N) is 1. The zero-order valence-corrected chi connectivity index (χ0v) is 13.0. The highest BCUT2D eigenvalue weighted by molar-refractivity contribution is 5.79. The average molecular weight is 286 g/mol. The van der Waals surface area contributed by atoms with Gasteiger partial charge in [-0.1, -0.05) is 6.92 Å². The van der Waals surface area contributed by atoms with E-state index in [0.29, 0.717) is 19.7 Å². The van der Waals surface area contributed by atoms with E-state index in [1.54, 1.807) is 32.6 Å². The Morgan fingerprint density at radius 2 is 1.95 bits per heavy atom. The number of urea groups is 1. The van der Waals surface area contributed by atoms with Crippen LogP contribution in [0.3, 0.4) is 0 Å². The van der Waals surface area contributed by atoms with Crippen LogP contribution in [0.1, 0.15) is 41.0 Å². The van der Waals surface area contributed by atoms with Gasteiger partial charge in [0.25, 0.3) is 0 Å². The predicted octanol–water partition coefficient (Wildman–Crippen LogP) is 1.70. The van der Waals surface area contributed by atoms with E-state index in [9.17, 15) is 14.7 Å². The molecule has 0 radical (unpaired) electrons. The van der Waals surface area contributed by atoms with Crippen LogP contribution in [-0.2, 0) is 9.53 Å². The lowest BCUT2D eigenvalue weighted by molar-refractivity contribution is -0.150. The van der Waals surface area contributed by atoms with E-state index >= 15 is 0 Å². The molecular formula is C14H26N2O4. The molecule has 1 heterocycles. The molecule has 1 unspecified atom stereocenters. The normalized spacial score (nSPS) is 20.6. The van der Waals surface area contributed by atoms with Crippen LogP contribution in [0.2, 0.25) is 0 Å². The third-order valence-electron chi connectivity index (χ3n) is 4.40. The summed E-state index contributed by atoms with van der Waals surface area (Å²) in [4.78, 5) is 25.3. The monoisotopic (exact) mass is 286 g/mol. The molecule has 0 aromatic rings. The van der Waals surface area contributed by atoms with Gasteiger partial charge in [-0.15, -0.1) is 0 Å². The number of morpholine rings is 1. The summed E-state index contributed by atoms with van der Waals surface area (Å²) in [6.45, 7) is 10.3. The molecule has 20 heavy (non-hydrogen) atoms. The van der Waals surface area contributed by atoms with Crippen molar-refractivity contribution in [1.29, 1.82) is 0 Å². The summed E-state index contributed by atoms with van der Waals surface area (Å²) in [5.74, 6) is -0.934. The molecule has 116 valence electrons. The number of ether oxygens (including phenoxy) is 1. The van der Waals surface area contributed by atoms with E-state index in [0.717, 1.165) is 6.42 Å². The van der Waals surface area contributed by atoms with Gasteiger partial charge in [-0.3, -0.25) is 4.79 Å². The number of aliphatic carboxylic acids is 1. The van der Waals surface area contributed by atoms with Crippen molar-refractivity contribution in [3.8, 4) is 0 Å². The van der Waals surface area contributed by atoms with Gasteiger partial charge in [0, 0.05) is 13.1 Å². The van der Waals surface area contributed by atoms with Crippen LogP contribution in [0.5, 0.6) is 0 Å². The molecule has 1 aliphatic heterocycles. The van der Waals surface area contributed by atoms with Gasteiger partial charge in [0.2, 0.25) is 0 Å². The summed E-state index contributed by atoms with van der Waals surface area (Å²) in [5, 5.41) is 12.1. The summed E-state index contributed by atoms with van der Waals surface area (Å²) in [6, 6.07) is -0.230. The first-order chi connectivity index (χ1) is 9.11. The van der Waals surface area contributed by atoms with Crippen molar-refractivity contribution >= 4 is 12.0 Å². The summed E-state index contributed by atoms with van der Waals surface area (Å²) < 4.78 is 5.53. The van der Waals surface area contributed by atoms with E-state index in [1.165, 1.54) is 0 Å². The number of hydrogen-bond acceptors (Lipinski definition) is 3. The molecule has 2 amide bonds. The van der Waals surface area contributed by atoms with Crippen LogP contribution < -0.4 is 5.32 Å². The standard InChI is InChI=1S/C14H26N2O4/c1-6-10-9-16(7-8-20-10)12(19)15-14(4,5)13(2,3)11(17)18/h10H,6-9H2,1-5H3,(H,15,19)(H,17,18). The number of rotatable bonds is 4. The average Bonchev–Trinajstić information content (AvgIpc) is 2.37. The second-order valence-corrected chi connectivity index (χ2v) is 6.33. The number of nitrogens with one attached hydrogen (secondary N) is 1. The maximum absolute atomic E-state index is 12.3. The molecule has 0 bridgehead atoms. The molecule has 6 nitrogen and oxygen atoms in total. The molecule has 2 N–H and O–H groups in total. The Morgan fingerprint density at radius 1 is 1.35 bits per heavy atom. The number of carbonyl (C=O) groups is 2. The van der Waals surface area contributed by atoms with E-state index in [-0.39, 0.29) is 12.1 Å². The zero-order valence-electron chi connectivity index (χ0n) is 13.0. The quantitative estimate of drug-likeness (QED) is 0.824. The van der Waals surface area contributed by atoms with Crippen molar-refractivity contribution in [2.24, 2.45) is 5.41 Å². The summed E-state index contributed by atoms with van der Waals surface area (Å²) >= 11 is 0. The van der Waals surface area contributed by atoms with Crippen LogP contribution in [-0.4, -0.2) is 53.3 Å². The summed E-state index contributed by atoms with van der Waals surface area (Å²) in [6.07, 6.45) is 0.915.